The fourth-order valence-corrected chi connectivity index (χ4v) is 1.37. The third kappa shape index (κ3) is 1.80. The number of pyridine rings is 1. The Morgan fingerprint density at radius 3 is 2.75 bits per heavy atom. The molecule has 0 amide bonds. The van der Waals surface area contributed by atoms with E-state index in [1.54, 1.807) is 0 Å². The molecule has 82 valence electrons. The highest BCUT2D eigenvalue weighted by Crippen LogP contribution is 2.23. The van der Waals surface area contributed by atoms with E-state index in [1.165, 1.54) is 23.1 Å². The summed E-state index contributed by atoms with van der Waals surface area (Å²) in [7, 11) is 0. The standard InChI is InChI=1S/C8H5ClN4O3/c9-7-1-5(13(15)16)2-10-8(7)12-4-6(14)3-11-12/h1-4,14H. The van der Waals surface area contributed by atoms with Gasteiger partial charge in [-0.1, -0.05) is 11.6 Å². The van der Waals surface area contributed by atoms with Gasteiger partial charge in [0, 0.05) is 6.07 Å². The third-order valence-corrected chi connectivity index (χ3v) is 2.08. The van der Waals surface area contributed by atoms with Crippen LogP contribution in [0.5, 0.6) is 5.75 Å². The molecule has 2 aromatic heterocycles. The number of hydrogen-bond donors (Lipinski definition) is 1. The molecule has 0 radical (unpaired) electrons. The van der Waals surface area contributed by atoms with E-state index in [1.807, 2.05) is 0 Å². The van der Waals surface area contributed by atoms with Crippen molar-refractivity contribution in [3.05, 3.63) is 39.8 Å². The maximum atomic E-state index is 10.4. The van der Waals surface area contributed by atoms with Gasteiger partial charge in [0.05, 0.1) is 22.3 Å². The quantitative estimate of drug-likeness (QED) is 0.635. The van der Waals surface area contributed by atoms with Crippen LogP contribution in [0.1, 0.15) is 0 Å². The van der Waals surface area contributed by atoms with E-state index in [2.05, 4.69) is 10.1 Å². The lowest BCUT2D eigenvalue weighted by Gasteiger charge is -2.01. The highest BCUT2D eigenvalue weighted by Gasteiger charge is 2.12. The zero-order valence-corrected chi connectivity index (χ0v) is 8.50. The molecule has 0 fully saturated rings. The Morgan fingerprint density at radius 2 is 2.25 bits per heavy atom. The normalized spacial score (nSPS) is 10.3. The molecule has 2 aromatic rings. The third-order valence-electron chi connectivity index (χ3n) is 1.80. The topological polar surface area (TPSA) is 94.1 Å². The van der Waals surface area contributed by atoms with Crippen molar-refractivity contribution in [1.29, 1.82) is 0 Å². The summed E-state index contributed by atoms with van der Waals surface area (Å²) < 4.78 is 1.22. The van der Waals surface area contributed by atoms with Gasteiger partial charge in [-0.25, -0.2) is 9.67 Å². The first-order valence-corrected chi connectivity index (χ1v) is 4.49. The van der Waals surface area contributed by atoms with Crippen LogP contribution in [0.25, 0.3) is 5.82 Å². The molecule has 2 rings (SSSR count). The van der Waals surface area contributed by atoms with Gasteiger partial charge in [0.15, 0.2) is 11.6 Å². The molecule has 0 atom stereocenters. The van der Waals surface area contributed by atoms with Gasteiger partial charge < -0.3 is 5.11 Å². The monoisotopic (exact) mass is 240 g/mol. The van der Waals surface area contributed by atoms with E-state index >= 15 is 0 Å². The molecule has 2 heterocycles. The second kappa shape index (κ2) is 3.78. The molecule has 0 aromatic carbocycles. The SMILES string of the molecule is O=[N+]([O-])c1cnc(-n2cc(O)cn2)c(Cl)c1. The molecular weight excluding hydrogens is 236 g/mol. The van der Waals surface area contributed by atoms with E-state index in [0.29, 0.717) is 0 Å². The van der Waals surface area contributed by atoms with Crippen LogP contribution in [0.2, 0.25) is 5.02 Å². The summed E-state index contributed by atoms with van der Waals surface area (Å²) in [5, 5.41) is 23.4. The number of rotatable bonds is 2. The van der Waals surface area contributed by atoms with Crippen molar-refractivity contribution >= 4 is 17.3 Å². The Bertz CT molecular complexity index is 554. The van der Waals surface area contributed by atoms with Crippen molar-refractivity contribution in [3.8, 4) is 11.6 Å². The second-order valence-electron chi connectivity index (χ2n) is 2.90. The Labute approximate surface area is 94.1 Å². The molecule has 8 heteroatoms. The number of aromatic nitrogens is 3. The number of halogens is 1. The highest BCUT2D eigenvalue weighted by molar-refractivity contribution is 6.32. The molecular formula is C8H5ClN4O3. The average molecular weight is 241 g/mol. The van der Waals surface area contributed by atoms with Crippen molar-refractivity contribution in [2.24, 2.45) is 0 Å². The van der Waals surface area contributed by atoms with Gasteiger partial charge in [0.25, 0.3) is 5.69 Å². The van der Waals surface area contributed by atoms with Gasteiger partial charge in [-0.15, -0.1) is 0 Å². The van der Waals surface area contributed by atoms with Crippen LogP contribution in [0.3, 0.4) is 0 Å². The number of nitrogens with zero attached hydrogens (tertiary/aromatic N) is 4. The van der Waals surface area contributed by atoms with Crippen molar-refractivity contribution < 1.29 is 10.0 Å². The van der Waals surface area contributed by atoms with Crippen LogP contribution in [0.15, 0.2) is 24.7 Å². The summed E-state index contributed by atoms with van der Waals surface area (Å²) in [6.45, 7) is 0. The maximum Gasteiger partial charge on any atom is 0.289 e. The lowest BCUT2D eigenvalue weighted by atomic mass is 10.4. The molecule has 1 N–H and O–H groups in total. The number of aromatic hydroxyl groups is 1. The molecule has 0 bridgehead atoms. The molecule has 0 spiro atoms. The Morgan fingerprint density at radius 1 is 1.50 bits per heavy atom. The van der Waals surface area contributed by atoms with Crippen LogP contribution in [-0.4, -0.2) is 24.8 Å². The van der Waals surface area contributed by atoms with Gasteiger partial charge in [-0.2, -0.15) is 5.10 Å². The fraction of sp³-hybridized carbons (Fsp3) is 0. The number of nitro groups is 1. The average Bonchev–Trinajstić information content (AvgIpc) is 2.64. The number of hydrogen-bond acceptors (Lipinski definition) is 5. The molecule has 0 aliphatic carbocycles. The predicted octanol–water partition coefficient (Wildman–Crippen LogP) is 1.53. The Balaban J connectivity index is 2.47. The van der Waals surface area contributed by atoms with Crippen molar-refractivity contribution in [2.45, 2.75) is 0 Å². The van der Waals surface area contributed by atoms with Crippen molar-refractivity contribution in [2.75, 3.05) is 0 Å². The summed E-state index contributed by atoms with van der Waals surface area (Å²) >= 11 is 5.81. The molecule has 0 aliphatic rings. The van der Waals surface area contributed by atoms with Crippen molar-refractivity contribution in [1.82, 2.24) is 14.8 Å². The Kier molecular flexibility index (Phi) is 2.45. The van der Waals surface area contributed by atoms with E-state index < -0.39 is 4.92 Å². The summed E-state index contributed by atoms with van der Waals surface area (Å²) in [6.07, 6.45) is 3.57. The summed E-state index contributed by atoms with van der Waals surface area (Å²) in [5.74, 6) is 0.170. The first-order chi connectivity index (χ1) is 7.58. The van der Waals surface area contributed by atoms with Crippen LogP contribution in [-0.2, 0) is 0 Å². The molecule has 0 saturated heterocycles. The van der Waals surface area contributed by atoms with Gasteiger partial charge in [-0.05, 0) is 0 Å². The molecule has 7 nitrogen and oxygen atoms in total. The van der Waals surface area contributed by atoms with Gasteiger partial charge in [0.1, 0.15) is 6.20 Å². The van der Waals surface area contributed by atoms with Gasteiger partial charge in [0.2, 0.25) is 0 Å². The first-order valence-electron chi connectivity index (χ1n) is 4.12. The minimum Gasteiger partial charge on any atom is -0.505 e. The summed E-state index contributed by atoms with van der Waals surface area (Å²) in [6, 6.07) is 1.17. The lowest BCUT2D eigenvalue weighted by molar-refractivity contribution is -0.385. The zero-order chi connectivity index (χ0) is 11.7. The second-order valence-corrected chi connectivity index (χ2v) is 3.31. The van der Waals surface area contributed by atoms with Gasteiger partial charge >= 0.3 is 0 Å². The largest absolute Gasteiger partial charge is 0.505 e. The molecule has 0 aliphatic heterocycles. The van der Waals surface area contributed by atoms with E-state index in [9.17, 15) is 10.1 Å². The minimum atomic E-state index is -0.594. The minimum absolute atomic E-state index is 0.0452. The Hall–Kier alpha value is -2.15. The van der Waals surface area contributed by atoms with Gasteiger partial charge in [-0.3, -0.25) is 10.1 Å². The van der Waals surface area contributed by atoms with E-state index in [4.69, 9.17) is 16.7 Å². The van der Waals surface area contributed by atoms with Crippen LogP contribution in [0, 0.1) is 10.1 Å². The zero-order valence-electron chi connectivity index (χ0n) is 7.74. The van der Waals surface area contributed by atoms with E-state index in [-0.39, 0.29) is 22.3 Å². The smallest absolute Gasteiger partial charge is 0.289 e. The molecule has 16 heavy (non-hydrogen) atoms. The highest BCUT2D eigenvalue weighted by atomic mass is 35.5. The fourth-order valence-electron chi connectivity index (χ4n) is 1.12. The predicted molar refractivity (Wildman–Crippen MR) is 54.7 cm³/mol. The molecule has 0 saturated carbocycles. The van der Waals surface area contributed by atoms with Crippen molar-refractivity contribution in [3.63, 3.8) is 0 Å². The van der Waals surface area contributed by atoms with E-state index in [0.717, 1.165) is 6.20 Å². The maximum absolute atomic E-state index is 10.4. The van der Waals surface area contributed by atoms with Crippen LogP contribution in [0.4, 0.5) is 5.69 Å². The first kappa shape index (κ1) is 10.4. The van der Waals surface area contributed by atoms with Crippen LogP contribution >= 0.6 is 11.6 Å². The lowest BCUT2D eigenvalue weighted by Crippen LogP contribution is -2.00. The summed E-state index contributed by atoms with van der Waals surface area (Å²) in [4.78, 5) is 13.7. The molecule has 0 unspecified atom stereocenters. The van der Waals surface area contributed by atoms with Crippen LogP contribution < -0.4 is 0 Å². The summed E-state index contributed by atoms with van der Waals surface area (Å²) in [5.41, 5.74) is -0.204.